The van der Waals surface area contributed by atoms with Crippen molar-refractivity contribution in [3.8, 4) is 0 Å². The van der Waals surface area contributed by atoms with Crippen molar-refractivity contribution in [2.24, 2.45) is 0 Å². The van der Waals surface area contributed by atoms with Gasteiger partial charge in [0, 0.05) is 16.9 Å². The number of hydrogen-bond donors (Lipinski definition) is 2. The van der Waals surface area contributed by atoms with E-state index in [0.29, 0.717) is 11.3 Å². The molecule has 0 fully saturated rings. The van der Waals surface area contributed by atoms with Crippen LogP contribution in [0.1, 0.15) is 30.6 Å². The number of aliphatic hydroxyl groups excluding tert-OH is 1. The van der Waals surface area contributed by atoms with Crippen LogP contribution < -0.4 is 10.2 Å². The Morgan fingerprint density at radius 1 is 1.12 bits per heavy atom. The third-order valence-electron chi connectivity index (χ3n) is 4.08. The molecule has 25 heavy (non-hydrogen) atoms. The van der Waals surface area contributed by atoms with Crippen molar-refractivity contribution in [2.45, 2.75) is 26.3 Å². The first-order chi connectivity index (χ1) is 12.0. The molecular weight excluding hydrogens is 316 g/mol. The molecule has 2 aromatic rings. The third kappa shape index (κ3) is 5.16. The number of para-hydroxylation sites is 1. The molecule has 0 spiro atoms. The van der Waals surface area contributed by atoms with Crippen molar-refractivity contribution < 1.29 is 14.7 Å². The van der Waals surface area contributed by atoms with Gasteiger partial charge in [-0.25, -0.2) is 0 Å². The standard InChI is InChI=1S/C20H24N2O3/c1-3-18(14-23)22(19-10-5-4-6-11-19)13-20(25)21-17-9-7-8-16(12-17)15(2)24/h4-12,18,23H,3,13-14H2,1-2H3,(H,21,25). The summed E-state index contributed by atoms with van der Waals surface area (Å²) in [7, 11) is 0. The van der Waals surface area contributed by atoms with E-state index in [1.165, 1.54) is 6.92 Å². The summed E-state index contributed by atoms with van der Waals surface area (Å²) < 4.78 is 0. The number of benzene rings is 2. The van der Waals surface area contributed by atoms with Crippen molar-refractivity contribution in [3.05, 3.63) is 60.2 Å². The zero-order valence-corrected chi connectivity index (χ0v) is 14.6. The van der Waals surface area contributed by atoms with Crippen LogP contribution in [0.5, 0.6) is 0 Å². The van der Waals surface area contributed by atoms with Crippen molar-refractivity contribution >= 4 is 23.1 Å². The molecule has 0 saturated heterocycles. The molecule has 132 valence electrons. The zero-order valence-electron chi connectivity index (χ0n) is 14.6. The lowest BCUT2D eigenvalue weighted by molar-refractivity contribution is -0.115. The van der Waals surface area contributed by atoms with E-state index < -0.39 is 0 Å². The second-order valence-electron chi connectivity index (χ2n) is 5.89. The molecule has 1 amide bonds. The average Bonchev–Trinajstić information content (AvgIpc) is 2.62. The van der Waals surface area contributed by atoms with E-state index in [1.54, 1.807) is 24.3 Å². The average molecular weight is 340 g/mol. The molecule has 0 aliphatic heterocycles. The number of nitrogens with one attached hydrogen (secondary N) is 1. The Labute approximate surface area is 148 Å². The maximum atomic E-state index is 12.5. The summed E-state index contributed by atoms with van der Waals surface area (Å²) in [4.78, 5) is 25.9. The topological polar surface area (TPSA) is 69.6 Å². The molecule has 5 nitrogen and oxygen atoms in total. The lowest BCUT2D eigenvalue weighted by atomic mass is 10.1. The molecule has 0 radical (unpaired) electrons. The number of anilines is 2. The minimum absolute atomic E-state index is 0.0293. The van der Waals surface area contributed by atoms with Crippen molar-refractivity contribution in [3.63, 3.8) is 0 Å². The lowest BCUT2D eigenvalue weighted by Crippen LogP contribution is -2.42. The molecule has 2 aromatic carbocycles. The number of carbonyl (C=O) groups excluding carboxylic acids is 2. The van der Waals surface area contributed by atoms with E-state index in [-0.39, 0.29) is 30.9 Å². The van der Waals surface area contributed by atoms with E-state index in [0.717, 1.165) is 12.1 Å². The zero-order chi connectivity index (χ0) is 18.2. The largest absolute Gasteiger partial charge is 0.394 e. The van der Waals surface area contributed by atoms with Crippen LogP contribution in [-0.2, 0) is 4.79 Å². The molecule has 0 aliphatic carbocycles. The van der Waals surface area contributed by atoms with Gasteiger partial charge in [0.1, 0.15) is 0 Å². The van der Waals surface area contributed by atoms with E-state index in [2.05, 4.69) is 5.32 Å². The number of hydrogen-bond acceptors (Lipinski definition) is 4. The fourth-order valence-corrected chi connectivity index (χ4v) is 2.67. The van der Waals surface area contributed by atoms with Crippen molar-refractivity contribution in [1.29, 1.82) is 0 Å². The van der Waals surface area contributed by atoms with Gasteiger partial charge < -0.3 is 15.3 Å². The van der Waals surface area contributed by atoms with Gasteiger partial charge in [-0.05, 0) is 37.6 Å². The first-order valence-corrected chi connectivity index (χ1v) is 8.38. The number of Topliss-reactive ketones (excluding diaryl/α,β-unsaturated/α-hetero) is 1. The van der Waals surface area contributed by atoms with E-state index in [1.807, 2.05) is 42.2 Å². The fraction of sp³-hybridized carbons (Fsp3) is 0.300. The minimum atomic E-state index is -0.198. The van der Waals surface area contributed by atoms with Crippen LogP contribution in [0.25, 0.3) is 0 Å². The SMILES string of the molecule is CCC(CO)N(CC(=O)Nc1cccc(C(C)=O)c1)c1ccccc1. The Morgan fingerprint density at radius 2 is 1.84 bits per heavy atom. The fourth-order valence-electron chi connectivity index (χ4n) is 2.67. The summed E-state index contributed by atoms with van der Waals surface area (Å²) in [6, 6.07) is 16.3. The first kappa shape index (κ1) is 18.7. The van der Waals surface area contributed by atoms with Gasteiger partial charge in [0.05, 0.1) is 19.2 Å². The van der Waals surface area contributed by atoms with Gasteiger partial charge in [-0.2, -0.15) is 0 Å². The molecule has 0 heterocycles. The molecule has 2 N–H and O–H groups in total. The van der Waals surface area contributed by atoms with Crippen LogP contribution in [0.15, 0.2) is 54.6 Å². The molecule has 0 saturated carbocycles. The first-order valence-electron chi connectivity index (χ1n) is 8.38. The second-order valence-corrected chi connectivity index (χ2v) is 5.89. The Hall–Kier alpha value is -2.66. The van der Waals surface area contributed by atoms with E-state index in [9.17, 15) is 14.7 Å². The van der Waals surface area contributed by atoms with Gasteiger partial charge in [0.15, 0.2) is 5.78 Å². The summed E-state index contributed by atoms with van der Waals surface area (Å²) in [5.41, 5.74) is 2.03. The van der Waals surface area contributed by atoms with Gasteiger partial charge in [-0.15, -0.1) is 0 Å². The Morgan fingerprint density at radius 3 is 2.44 bits per heavy atom. The van der Waals surface area contributed by atoms with Gasteiger partial charge >= 0.3 is 0 Å². The highest BCUT2D eigenvalue weighted by Crippen LogP contribution is 2.18. The Bertz CT molecular complexity index is 712. The van der Waals surface area contributed by atoms with Gasteiger partial charge in [-0.3, -0.25) is 9.59 Å². The van der Waals surface area contributed by atoms with Crippen molar-refractivity contribution in [1.82, 2.24) is 0 Å². The normalized spacial score (nSPS) is 11.6. The van der Waals surface area contributed by atoms with Crippen molar-refractivity contribution in [2.75, 3.05) is 23.4 Å². The summed E-state index contributed by atoms with van der Waals surface area (Å²) in [6.45, 7) is 3.56. The Kier molecular flexibility index (Phi) is 6.71. The summed E-state index contributed by atoms with van der Waals surface area (Å²) in [6.07, 6.45) is 0.721. The van der Waals surface area contributed by atoms with Crippen LogP contribution in [0.2, 0.25) is 0 Å². The lowest BCUT2D eigenvalue weighted by Gasteiger charge is -2.31. The highest BCUT2D eigenvalue weighted by atomic mass is 16.3. The summed E-state index contributed by atoms with van der Waals surface area (Å²) in [5, 5.41) is 12.5. The van der Waals surface area contributed by atoms with Crippen LogP contribution in [0.3, 0.4) is 0 Å². The number of amides is 1. The molecule has 1 atom stereocenters. The van der Waals surface area contributed by atoms with Crippen LogP contribution in [-0.4, -0.2) is 36.0 Å². The molecule has 0 aromatic heterocycles. The highest BCUT2D eigenvalue weighted by molar-refractivity contribution is 5.98. The number of carbonyl (C=O) groups is 2. The monoisotopic (exact) mass is 340 g/mol. The highest BCUT2D eigenvalue weighted by Gasteiger charge is 2.19. The van der Waals surface area contributed by atoms with E-state index in [4.69, 9.17) is 0 Å². The number of ketones is 1. The number of rotatable bonds is 8. The maximum Gasteiger partial charge on any atom is 0.243 e. The molecule has 2 rings (SSSR count). The maximum absolute atomic E-state index is 12.5. The summed E-state index contributed by atoms with van der Waals surface area (Å²) in [5.74, 6) is -0.246. The predicted molar refractivity (Wildman–Crippen MR) is 100 cm³/mol. The van der Waals surface area contributed by atoms with E-state index >= 15 is 0 Å². The molecule has 5 heteroatoms. The number of aliphatic hydroxyl groups is 1. The minimum Gasteiger partial charge on any atom is -0.394 e. The third-order valence-corrected chi connectivity index (χ3v) is 4.08. The smallest absolute Gasteiger partial charge is 0.243 e. The molecule has 1 unspecified atom stereocenters. The second kappa shape index (κ2) is 8.99. The Balaban J connectivity index is 2.14. The predicted octanol–water partition coefficient (Wildman–Crippen LogP) is 3.11. The molecule has 0 aliphatic rings. The molecule has 0 bridgehead atoms. The summed E-state index contributed by atoms with van der Waals surface area (Å²) >= 11 is 0. The quantitative estimate of drug-likeness (QED) is 0.725. The van der Waals surface area contributed by atoms with Gasteiger partial charge in [0.25, 0.3) is 0 Å². The van der Waals surface area contributed by atoms with Gasteiger partial charge in [0.2, 0.25) is 5.91 Å². The van der Waals surface area contributed by atoms with Crippen LogP contribution >= 0.6 is 0 Å². The van der Waals surface area contributed by atoms with Crippen LogP contribution in [0.4, 0.5) is 11.4 Å². The molecular formula is C20H24N2O3. The number of nitrogens with zero attached hydrogens (tertiary/aromatic N) is 1. The van der Waals surface area contributed by atoms with Crippen LogP contribution in [0, 0.1) is 0 Å². The van der Waals surface area contributed by atoms with Gasteiger partial charge in [-0.1, -0.05) is 37.3 Å².